The number of halogens is 3. The molecule has 202 valence electrons. The van der Waals surface area contributed by atoms with Crippen LogP contribution in [-0.4, -0.2) is 48.9 Å². The number of likely N-dealkylation sites (N-methyl/N-ethyl adjacent to an activating group) is 1. The van der Waals surface area contributed by atoms with Gasteiger partial charge in [-0.2, -0.15) is 8.78 Å². The van der Waals surface area contributed by atoms with Crippen LogP contribution in [0.1, 0.15) is 37.8 Å². The minimum atomic E-state index is -3.01. The molecular weight excluding hydrogens is 512 g/mol. The van der Waals surface area contributed by atoms with E-state index < -0.39 is 12.0 Å². The number of benzene rings is 2. The van der Waals surface area contributed by atoms with Crippen molar-refractivity contribution in [2.75, 3.05) is 30.0 Å². The number of carbonyl (C=O) groups excluding carboxylic acids is 1. The van der Waals surface area contributed by atoms with Crippen molar-refractivity contribution >= 4 is 29.0 Å². The van der Waals surface area contributed by atoms with Gasteiger partial charge in [-0.05, 0) is 74.6 Å². The third-order valence-corrected chi connectivity index (χ3v) is 7.42. The summed E-state index contributed by atoms with van der Waals surface area (Å²) < 4.78 is 30.3. The molecular formula is C29H32ClF2N3O3. The zero-order chi connectivity index (χ0) is 27.6. The van der Waals surface area contributed by atoms with Crippen molar-refractivity contribution in [3.63, 3.8) is 0 Å². The Morgan fingerprint density at radius 3 is 2.66 bits per heavy atom. The fraction of sp³-hybridized carbons (Fsp3) is 0.379. The number of pyridine rings is 1. The summed E-state index contributed by atoms with van der Waals surface area (Å²) in [4.78, 5) is 22.3. The maximum atomic E-state index is 13.9. The number of alkyl halides is 2. The average molecular weight is 544 g/mol. The molecule has 1 atom stereocenters. The van der Waals surface area contributed by atoms with Crippen molar-refractivity contribution < 1.29 is 23.4 Å². The number of hydrogen-bond acceptors (Lipinski definition) is 5. The molecule has 1 aromatic heterocycles. The molecule has 1 N–H and O–H groups in total. The predicted octanol–water partition coefficient (Wildman–Crippen LogP) is 6.21. The molecule has 3 aromatic rings. The third kappa shape index (κ3) is 5.61. The first-order valence-corrected chi connectivity index (χ1v) is 12.9. The van der Waals surface area contributed by atoms with Gasteiger partial charge in [0, 0.05) is 24.2 Å². The second kappa shape index (κ2) is 11.3. The number of aliphatic hydroxyl groups is 1. The van der Waals surface area contributed by atoms with Crippen molar-refractivity contribution in [3.05, 3.63) is 70.9 Å². The van der Waals surface area contributed by atoms with Gasteiger partial charge in [-0.3, -0.25) is 4.79 Å². The van der Waals surface area contributed by atoms with Crippen LogP contribution in [-0.2, 0) is 10.2 Å². The zero-order valence-electron chi connectivity index (χ0n) is 21.9. The minimum Gasteiger partial charge on any atom is -0.435 e. The summed E-state index contributed by atoms with van der Waals surface area (Å²) in [6.45, 7) is 3.28. The lowest BCUT2D eigenvalue weighted by Gasteiger charge is -2.32. The zero-order valence-corrected chi connectivity index (χ0v) is 22.7. The number of aliphatic hydroxyl groups excluding tert-OH is 1. The number of carbonyl (C=O) groups is 1. The predicted molar refractivity (Wildman–Crippen MR) is 146 cm³/mol. The number of aromatic nitrogens is 1. The highest BCUT2D eigenvalue weighted by atomic mass is 35.5. The standard InChI is InChI=1S/C29H32ClF2N3O3/c1-18-8-5-6-10-23(18)24-15-26(35-11-7-9-21(35)17-36)33-16-25(24)34(4)27(37)29(2,3)19-12-20(30)14-22(13-19)38-28(31)32/h5-6,8,10,12-16,21,28,36H,7,9,11,17H2,1-4H3. The summed E-state index contributed by atoms with van der Waals surface area (Å²) in [6.07, 6.45) is 3.54. The van der Waals surface area contributed by atoms with Gasteiger partial charge in [0.25, 0.3) is 0 Å². The Morgan fingerprint density at radius 2 is 1.97 bits per heavy atom. The summed E-state index contributed by atoms with van der Waals surface area (Å²) in [7, 11) is 1.68. The van der Waals surface area contributed by atoms with Gasteiger partial charge in [0.15, 0.2) is 0 Å². The van der Waals surface area contributed by atoms with Crippen LogP contribution in [0.3, 0.4) is 0 Å². The Labute approximate surface area is 226 Å². The van der Waals surface area contributed by atoms with E-state index in [0.717, 1.165) is 41.9 Å². The highest BCUT2D eigenvalue weighted by molar-refractivity contribution is 6.30. The van der Waals surface area contributed by atoms with Crippen LogP contribution < -0.4 is 14.5 Å². The van der Waals surface area contributed by atoms with Crippen molar-refractivity contribution in [1.82, 2.24) is 4.98 Å². The van der Waals surface area contributed by atoms with Gasteiger partial charge in [0.05, 0.1) is 29.9 Å². The largest absolute Gasteiger partial charge is 0.435 e. The molecule has 2 aromatic carbocycles. The number of aryl methyl sites for hydroxylation is 1. The topological polar surface area (TPSA) is 65.9 Å². The van der Waals surface area contributed by atoms with Crippen molar-refractivity contribution in [3.8, 4) is 16.9 Å². The van der Waals surface area contributed by atoms with Gasteiger partial charge >= 0.3 is 6.61 Å². The molecule has 1 unspecified atom stereocenters. The van der Waals surface area contributed by atoms with E-state index in [4.69, 9.17) is 16.6 Å². The van der Waals surface area contributed by atoms with Crippen LogP contribution in [0.4, 0.5) is 20.3 Å². The molecule has 1 saturated heterocycles. The number of anilines is 2. The Kier molecular flexibility index (Phi) is 8.23. The molecule has 0 bridgehead atoms. The Morgan fingerprint density at radius 1 is 1.24 bits per heavy atom. The number of nitrogens with zero attached hydrogens (tertiary/aromatic N) is 3. The summed E-state index contributed by atoms with van der Waals surface area (Å²) in [5, 5.41) is 10.0. The summed E-state index contributed by atoms with van der Waals surface area (Å²) in [5.41, 5.74) is 2.75. The fourth-order valence-electron chi connectivity index (χ4n) is 5.03. The van der Waals surface area contributed by atoms with Crippen LogP contribution in [0.25, 0.3) is 11.1 Å². The lowest BCUT2D eigenvalue weighted by molar-refractivity contribution is -0.122. The molecule has 2 heterocycles. The molecule has 4 rings (SSSR count). The molecule has 0 spiro atoms. The summed E-state index contributed by atoms with van der Waals surface area (Å²) in [6, 6.07) is 14.2. The highest BCUT2D eigenvalue weighted by Gasteiger charge is 2.35. The number of hydrogen-bond donors (Lipinski definition) is 1. The molecule has 1 fully saturated rings. The van der Waals surface area contributed by atoms with Crippen LogP contribution >= 0.6 is 11.6 Å². The first-order chi connectivity index (χ1) is 18.0. The van der Waals surface area contributed by atoms with E-state index in [0.29, 0.717) is 11.3 Å². The third-order valence-electron chi connectivity index (χ3n) is 7.20. The van der Waals surface area contributed by atoms with Crippen molar-refractivity contribution in [2.24, 2.45) is 0 Å². The van der Waals surface area contributed by atoms with Gasteiger partial charge in [-0.15, -0.1) is 0 Å². The Hall–Kier alpha value is -3.23. The minimum absolute atomic E-state index is 0.00356. The maximum Gasteiger partial charge on any atom is 0.387 e. The van der Waals surface area contributed by atoms with E-state index in [1.54, 1.807) is 38.1 Å². The highest BCUT2D eigenvalue weighted by Crippen LogP contribution is 2.39. The van der Waals surface area contributed by atoms with Crippen molar-refractivity contribution in [1.29, 1.82) is 0 Å². The molecule has 0 aliphatic carbocycles. The van der Waals surface area contributed by atoms with E-state index in [-0.39, 0.29) is 29.3 Å². The number of ether oxygens (including phenoxy) is 1. The average Bonchev–Trinajstić information content (AvgIpc) is 3.36. The molecule has 0 saturated carbocycles. The molecule has 0 radical (unpaired) electrons. The van der Waals surface area contributed by atoms with Gasteiger partial charge in [0.2, 0.25) is 5.91 Å². The van der Waals surface area contributed by atoms with Crippen molar-refractivity contribution in [2.45, 2.75) is 51.7 Å². The molecule has 6 nitrogen and oxygen atoms in total. The Balaban J connectivity index is 1.76. The maximum absolute atomic E-state index is 13.9. The number of rotatable bonds is 8. The first kappa shape index (κ1) is 27.8. The lowest BCUT2D eigenvalue weighted by Crippen LogP contribution is -2.42. The van der Waals surface area contributed by atoms with E-state index in [1.807, 2.05) is 37.3 Å². The molecule has 38 heavy (non-hydrogen) atoms. The van der Waals surface area contributed by atoms with E-state index in [1.165, 1.54) is 12.1 Å². The molecule has 9 heteroatoms. The lowest BCUT2D eigenvalue weighted by atomic mass is 9.83. The Bertz CT molecular complexity index is 1320. The van der Waals surface area contributed by atoms with Crippen LogP contribution in [0, 0.1) is 6.92 Å². The van der Waals surface area contributed by atoms with Gasteiger partial charge in [-0.1, -0.05) is 35.9 Å². The summed E-state index contributed by atoms with van der Waals surface area (Å²) in [5.74, 6) is 0.357. The number of amides is 1. The monoisotopic (exact) mass is 543 g/mol. The summed E-state index contributed by atoms with van der Waals surface area (Å²) >= 11 is 6.18. The molecule has 1 amide bonds. The van der Waals surface area contributed by atoms with Gasteiger partial charge in [-0.25, -0.2) is 4.98 Å². The van der Waals surface area contributed by atoms with Gasteiger partial charge in [0.1, 0.15) is 11.6 Å². The van der Waals surface area contributed by atoms with E-state index in [2.05, 4.69) is 9.64 Å². The fourth-order valence-corrected chi connectivity index (χ4v) is 5.25. The van der Waals surface area contributed by atoms with E-state index >= 15 is 0 Å². The van der Waals surface area contributed by atoms with Gasteiger partial charge < -0.3 is 19.6 Å². The second-order valence-corrected chi connectivity index (χ2v) is 10.5. The first-order valence-electron chi connectivity index (χ1n) is 12.5. The van der Waals surface area contributed by atoms with Crippen LogP contribution in [0.2, 0.25) is 5.02 Å². The normalized spacial score (nSPS) is 15.7. The van der Waals surface area contributed by atoms with E-state index in [9.17, 15) is 18.7 Å². The second-order valence-electron chi connectivity index (χ2n) is 10.1. The van der Waals surface area contributed by atoms with Crippen LogP contribution in [0.15, 0.2) is 54.7 Å². The molecule has 1 aliphatic rings. The molecule has 1 aliphatic heterocycles. The quantitative estimate of drug-likeness (QED) is 0.366. The van der Waals surface area contributed by atoms with Crippen LogP contribution in [0.5, 0.6) is 5.75 Å². The SMILES string of the molecule is Cc1ccccc1-c1cc(N2CCCC2CO)ncc1N(C)C(=O)C(C)(C)c1cc(Cl)cc(OC(F)F)c1. The smallest absolute Gasteiger partial charge is 0.387 e.